The molecule has 11 nitrogen and oxygen atoms in total. The number of hydrogen-bond acceptors (Lipinski definition) is 8. The number of carbonyl (C=O) groups excluding carboxylic acids is 3. The Hall–Kier alpha value is -5.24. The van der Waals surface area contributed by atoms with Gasteiger partial charge in [-0.15, -0.1) is 0 Å². The number of anilines is 2. The van der Waals surface area contributed by atoms with Crippen LogP contribution in [-0.2, 0) is 4.79 Å². The average Bonchev–Trinajstić information content (AvgIpc) is 3.32. The van der Waals surface area contributed by atoms with Gasteiger partial charge in [0.25, 0.3) is 11.8 Å². The molecule has 0 atom stereocenters. The topological polar surface area (TPSA) is 154 Å². The van der Waals surface area contributed by atoms with Crippen molar-refractivity contribution >= 4 is 34.8 Å². The lowest BCUT2D eigenvalue weighted by Crippen LogP contribution is -2.23. The molecule has 0 aliphatic rings. The first kappa shape index (κ1) is 25.8. The van der Waals surface area contributed by atoms with E-state index in [1.807, 2.05) is 0 Å². The number of amides is 2. The Morgan fingerprint density at radius 3 is 2.71 bits per heavy atom. The maximum absolute atomic E-state index is 13.1. The van der Waals surface area contributed by atoms with Crippen LogP contribution in [-0.4, -0.2) is 50.6 Å². The van der Waals surface area contributed by atoms with Crippen LogP contribution in [0.5, 0.6) is 5.75 Å². The number of nitrogens with two attached hydrogens (primary N) is 1. The summed E-state index contributed by atoms with van der Waals surface area (Å²) in [5.41, 5.74) is 7.93. The van der Waals surface area contributed by atoms with E-state index in [-0.39, 0.29) is 23.8 Å². The van der Waals surface area contributed by atoms with Crippen molar-refractivity contribution in [1.29, 1.82) is 0 Å². The smallest absolute Gasteiger partial charge is 0.295 e. The van der Waals surface area contributed by atoms with Crippen molar-refractivity contribution in [2.24, 2.45) is 0 Å². The van der Waals surface area contributed by atoms with Crippen LogP contribution in [0.2, 0.25) is 0 Å². The molecule has 11 heteroatoms. The van der Waals surface area contributed by atoms with Gasteiger partial charge >= 0.3 is 0 Å². The van der Waals surface area contributed by atoms with Crippen molar-refractivity contribution in [1.82, 2.24) is 24.7 Å². The van der Waals surface area contributed by atoms with Gasteiger partial charge in [0.1, 0.15) is 28.6 Å². The van der Waals surface area contributed by atoms with Crippen LogP contribution >= 0.6 is 0 Å². The average molecular weight is 512 g/mol. The number of methoxy groups -OCH3 is 1. The minimum atomic E-state index is -0.393. The minimum absolute atomic E-state index is 0.149. The fraction of sp³-hybridized carbons (Fsp3) is 0.185. The van der Waals surface area contributed by atoms with Crippen molar-refractivity contribution in [2.75, 3.05) is 24.7 Å². The largest absolute Gasteiger partial charge is 0.496 e. The molecule has 0 aliphatic carbocycles. The van der Waals surface area contributed by atoms with Gasteiger partial charge in [0.05, 0.1) is 12.7 Å². The first-order chi connectivity index (χ1) is 18.4. The van der Waals surface area contributed by atoms with E-state index in [4.69, 9.17) is 10.5 Å². The predicted molar refractivity (Wildman–Crippen MR) is 142 cm³/mol. The van der Waals surface area contributed by atoms with Gasteiger partial charge in [-0.3, -0.25) is 18.8 Å². The van der Waals surface area contributed by atoms with Crippen molar-refractivity contribution in [2.45, 2.75) is 19.8 Å². The molecule has 4 rings (SSSR count). The molecule has 0 fully saturated rings. The van der Waals surface area contributed by atoms with Crippen LogP contribution in [0.3, 0.4) is 0 Å². The molecule has 38 heavy (non-hydrogen) atoms. The lowest BCUT2D eigenvalue weighted by Gasteiger charge is -2.10. The summed E-state index contributed by atoms with van der Waals surface area (Å²) in [4.78, 5) is 50.3. The minimum Gasteiger partial charge on any atom is -0.496 e. The summed E-state index contributed by atoms with van der Waals surface area (Å²) in [5, 5.41) is 5.37. The zero-order valence-electron chi connectivity index (χ0n) is 20.8. The number of rotatable bonds is 9. The molecule has 192 valence electrons. The maximum atomic E-state index is 13.1. The Morgan fingerprint density at radius 2 is 1.97 bits per heavy atom. The Kier molecular flexibility index (Phi) is 7.93. The third-order valence-corrected chi connectivity index (χ3v) is 5.56. The molecule has 1 aromatic carbocycles. The first-order valence-electron chi connectivity index (χ1n) is 11.7. The fourth-order valence-corrected chi connectivity index (χ4v) is 3.83. The zero-order valence-corrected chi connectivity index (χ0v) is 20.8. The molecule has 4 aromatic rings. The van der Waals surface area contributed by atoms with Crippen LogP contribution < -0.4 is 21.1 Å². The number of pyridine rings is 1. The second kappa shape index (κ2) is 11.7. The summed E-state index contributed by atoms with van der Waals surface area (Å²) in [7, 11) is 1.46. The summed E-state index contributed by atoms with van der Waals surface area (Å²) in [5.74, 6) is 4.98. The Morgan fingerprint density at radius 1 is 1.13 bits per heavy atom. The van der Waals surface area contributed by atoms with E-state index in [1.54, 1.807) is 60.1 Å². The number of imidazole rings is 1. The summed E-state index contributed by atoms with van der Waals surface area (Å²) in [6.07, 6.45) is 5.24. The van der Waals surface area contributed by atoms with Gasteiger partial charge < -0.3 is 21.1 Å². The lowest BCUT2D eigenvalue weighted by molar-refractivity contribution is -0.115. The van der Waals surface area contributed by atoms with E-state index >= 15 is 0 Å². The van der Waals surface area contributed by atoms with E-state index in [0.717, 1.165) is 0 Å². The highest BCUT2D eigenvalue weighted by Gasteiger charge is 2.22. The Balaban J connectivity index is 1.62. The quantitative estimate of drug-likeness (QED) is 0.176. The Labute approximate surface area is 218 Å². The second-order valence-corrected chi connectivity index (χ2v) is 8.06. The zero-order chi connectivity index (χ0) is 27.1. The molecule has 0 spiro atoms. The number of nitrogens with one attached hydrogen (secondary N) is 2. The van der Waals surface area contributed by atoms with Crippen LogP contribution in [0, 0.1) is 11.8 Å². The molecule has 0 saturated carbocycles. The van der Waals surface area contributed by atoms with E-state index in [2.05, 4.69) is 37.4 Å². The van der Waals surface area contributed by atoms with Crippen LogP contribution in [0.4, 0.5) is 11.6 Å². The number of carbonyl (C=O) groups is 3. The van der Waals surface area contributed by atoms with Crippen molar-refractivity contribution in [3.8, 4) is 28.8 Å². The first-order valence-corrected chi connectivity index (χ1v) is 11.7. The lowest BCUT2D eigenvalue weighted by atomic mass is 10.1. The van der Waals surface area contributed by atoms with Crippen LogP contribution in [0.1, 0.15) is 40.7 Å². The van der Waals surface area contributed by atoms with Gasteiger partial charge in [0.15, 0.2) is 11.6 Å². The molecule has 0 aliphatic heterocycles. The highest BCUT2D eigenvalue weighted by atomic mass is 16.5. The highest BCUT2D eigenvalue weighted by molar-refractivity contribution is 6.06. The number of Topliss-reactive ketones (excluding diaryl/α,β-unsaturated/α-hetero) is 1. The molecular weight excluding hydrogens is 486 g/mol. The molecular formula is C27H25N7O4. The number of aromatic nitrogens is 4. The van der Waals surface area contributed by atoms with Gasteiger partial charge in [0.2, 0.25) is 0 Å². The van der Waals surface area contributed by atoms with Gasteiger partial charge in [-0.25, -0.2) is 15.0 Å². The van der Waals surface area contributed by atoms with Crippen molar-refractivity contribution < 1.29 is 19.1 Å². The molecule has 3 heterocycles. The summed E-state index contributed by atoms with van der Waals surface area (Å²) in [6, 6.07) is 10.1. The van der Waals surface area contributed by atoms with Crippen LogP contribution in [0.25, 0.3) is 16.8 Å². The van der Waals surface area contributed by atoms with Gasteiger partial charge in [-0.1, -0.05) is 18.1 Å². The number of hydrogen-bond donors (Lipinski definition) is 3. The van der Waals surface area contributed by atoms with Gasteiger partial charge in [0, 0.05) is 37.1 Å². The molecule has 0 saturated heterocycles. The maximum Gasteiger partial charge on any atom is 0.295 e. The summed E-state index contributed by atoms with van der Waals surface area (Å²) in [6.45, 7) is 1.88. The molecule has 2 amide bonds. The summed E-state index contributed by atoms with van der Waals surface area (Å²) < 4.78 is 7.08. The third-order valence-electron chi connectivity index (χ3n) is 5.56. The second-order valence-electron chi connectivity index (χ2n) is 8.06. The van der Waals surface area contributed by atoms with E-state index < -0.39 is 11.8 Å². The van der Waals surface area contributed by atoms with E-state index in [0.29, 0.717) is 46.9 Å². The number of benzene rings is 1. The number of fused-ring (bicyclic) bond motifs is 1. The van der Waals surface area contributed by atoms with Gasteiger partial charge in [-0.2, -0.15) is 0 Å². The predicted octanol–water partition coefficient (Wildman–Crippen LogP) is 2.74. The number of ketones is 1. The fourth-order valence-electron chi connectivity index (χ4n) is 3.83. The molecule has 0 radical (unpaired) electrons. The van der Waals surface area contributed by atoms with E-state index in [1.165, 1.54) is 13.3 Å². The van der Waals surface area contributed by atoms with Crippen molar-refractivity contribution in [3.05, 3.63) is 66.4 Å². The highest BCUT2D eigenvalue weighted by Crippen LogP contribution is 2.32. The monoisotopic (exact) mass is 511 g/mol. The van der Waals surface area contributed by atoms with Crippen molar-refractivity contribution in [3.63, 3.8) is 0 Å². The third kappa shape index (κ3) is 5.60. The van der Waals surface area contributed by atoms with Gasteiger partial charge in [-0.05, 0) is 43.5 Å². The number of nitrogen functional groups attached to an aromatic ring is 1. The molecule has 4 N–H and O–H groups in total. The molecule has 0 unspecified atom stereocenters. The number of ether oxygens (including phenoxy) is 1. The molecule has 3 aromatic heterocycles. The standard InChI is InChI=1S/C27H25N7O4/c1-3-7-22(36)30-13-6-8-19(35)26-33-23(24-25(28)31-14-15-34(24)26)17-10-11-18(20(16-17)38-2)27(37)32-21-9-4-5-12-29-21/h4-5,9-12,14-16H,6,8,13H2,1-2H3,(H2,28,31)(H,30,36)(H,29,32,37). The normalized spacial score (nSPS) is 10.4. The molecule has 0 bridgehead atoms. The summed E-state index contributed by atoms with van der Waals surface area (Å²) >= 11 is 0. The SMILES string of the molecule is CC#CC(=O)NCCCC(=O)c1nc(-c2ccc(C(=O)Nc3ccccn3)c(OC)c2)c2c(N)nccn12. The Bertz CT molecular complexity index is 1570. The van der Waals surface area contributed by atoms with E-state index in [9.17, 15) is 14.4 Å². The number of nitrogens with zero attached hydrogens (tertiary/aromatic N) is 4. The van der Waals surface area contributed by atoms with Crippen LogP contribution in [0.15, 0.2) is 55.0 Å².